The molecule has 2 rings (SSSR count). The van der Waals surface area contributed by atoms with Gasteiger partial charge in [-0.15, -0.1) is 11.3 Å². The number of nitriles is 1. The molecule has 0 bridgehead atoms. The van der Waals surface area contributed by atoms with Crippen LogP contribution in [0.4, 0.5) is 0 Å². The molecular formula is C12H16N2OS. The van der Waals surface area contributed by atoms with Crippen molar-refractivity contribution in [1.29, 1.82) is 5.26 Å². The predicted molar refractivity (Wildman–Crippen MR) is 64.3 cm³/mol. The highest BCUT2D eigenvalue weighted by atomic mass is 32.1. The van der Waals surface area contributed by atoms with Gasteiger partial charge in [0.05, 0.1) is 11.7 Å². The molecule has 3 nitrogen and oxygen atoms in total. The van der Waals surface area contributed by atoms with Crippen LogP contribution in [-0.4, -0.2) is 19.3 Å². The molecule has 0 aromatic carbocycles. The van der Waals surface area contributed by atoms with Crippen molar-refractivity contribution in [1.82, 2.24) is 5.32 Å². The molecule has 1 aromatic rings. The lowest BCUT2D eigenvalue weighted by atomic mass is 10.2. The van der Waals surface area contributed by atoms with Gasteiger partial charge < -0.3 is 10.1 Å². The van der Waals surface area contributed by atoms with Gasteiger partial charge in [-0.1, -0.05) is 0 Å². The summed E-state index contributed by atoms with van der Waals surface area (Å²) in [5, 5.41) is 14.1. The van der Waals surface area contributed by atoms with Gasteiger partial charge in [0, 0.05) is 30.0 Å². The fourth-order valence-electron chi connectivity index (χ4n) is 2.21. The summed E-state index contributed by atoms with van der Waals surface area (Å²) in [4.78, 5) is 1.22. The zero-order chi connectivity index (χ0) is 11.4. The minimum atomic E-state index is 0.357. The molecule has 2 unspecified atom stereocenters. The van der Waals surface area contributed by atoms with E-state index in [2.05, 4.69) is 11.4 Å². The maximum Gasteiger partial charge on any atom is 0.100 e. The smallest absolute Gasteiger partial charge is 0.100 e. The summed E-state index contributed by atoms with van der Waals surface area (Å²) in [6.07, 6.45) is 3.94. The number of hydrogen-bond donors (Lipinski definition) is 1. The van der Waals surface area contributed by atoms with Crippen molar-refractivity contribution in [2.75, 3.05) is 7.11 Å². The van der Waals surface area contributed by atoms with Crippen LogP contribution >= 0.6 is 11.3 Å². The topological polar surface area (TPSA) is 45.0 Å². The SMILES string of the molecule is COC1CCCC1NCc1cc(C#N)cs1. The Balaban J connectivity index is 1.85. The third-order valence-corrected chi connectivity index (χ3v) is 4.01. The van der Waals surface area contributed by atoms with Crippen molar-refractivity contribution < 1.29 is 4.74 Å². The van der Waals surface area contributed by atoms with E-state index in [1.54, 1.807) is 18.4 Å². The summed E-state index contributed by atoms with van der Waals surface area (Å²) < 4.78 is 5.43. The fourth-order valence-corrected chi connectivity index (χ4v) is 2.97. The van der Waals surface area contributed by atoms with E-state index >= 15 is 0 Å². The van der Waals surface area contributed by atoms with E-state index in [4.69, 9.17) is 10.00 Å². The van der Waals surface area contributed by atoms with Gasteiger partial charge in [0.15, 0.2) is 0 Å². The summed E-state index contributed by atoms with van der Waals surface area (Å²) in [5.74, 6) is 0. The van der Waals surface area contributed by atoms with Gasteiger partial charge in [-0.25, -0.2) is 0 Å². The standard InChI is InChI=1S/C12H16N2OS/c1-15-12-4-2-3-11(12)14-7-10-5-9(6-13)8-16-10/h5,8,11-12,14H,2-4,7H2,1H3. The van der Waals surface area contributed by atoms with Crippen LogP contribution in [0.1, 0.15) is 29.7 Å². The molecule has 86 valence electrons. The maximum atomic E-state index is 8.73. The van der Waals surface area contributed by atoms with Crippen molar-refractivity contribution in [2.45, 2.75) is 38.0 Å². The third-order valence-electron chi connectivity index (χ3n) is 3.08. The summed E-state index contributed by atoms with van der Waals surface area (Å²) in [7, 11) is 1.78. The molecule has 1 N–H and O–H groups in total. The molecule has 1 saturated carbocycles. The molecule has 1 fully saturated rings. The number of rotatable bonds is 4. The lowest BCUT2D eigenvalue weighted by Crippen LogP contribution is -2.36. The Hall–Kier alpha value is -0.890. The largest absolute Gasteiger partial charge is 0.380 e. The normalized spacial score (nSPS) is 24.5. The van der Waals surface area contributed by atoms with E-state index in [9.17, 15) is 0 Å². The second-order valence-electron chi connectivity index (χ2n) is 4.11. The first-order valence-corrected chi connectivity index (χ1v) is 6.45. The van der Waals surface area contributed by atoms with Crippen LogP contribution in [-0.2, 0) is 11.3 Å². The number of ether oxygens (including phenoxy) is 1. The lowest BCUT2D eigenvalue weighted by Gasteiger charge is -2.19. The minimum absolute atomic E-state index is 0.357. The number of methoxy groups -OCH3 is 1. The first-order valence-electron chi connectivity index (χ1n) is 5.57. The third kappa shape index (κ3) is 2.62. The molecule has 1 aromatic heterocycles. The van der Waals surface area contributed by atoms with Crippen LogP contribution in [0.3, 0.4) is 0 Å². The maximum absolute atomic E-state index is 8.73. The van der Waals surface area contributed by atoms with Crippen molar-refractivity contribution in [2.24, 2.45) is 0 Å². The molecule has 2 atom stereocenters. The summed E-state index contributed by atoms with van der Waals surface area (Å²) >= 11 is 1.64. The number of hydrogen-bond acceptors (Lipinski definition) is 4. The predicted octanol–water partition coefficient (Wildman–Crippen LogP) is 2.28. The Labute approximate surface area is 100 Å². The molecule has 0 amide bonds. The van der Waals surface area contributed by atoms with E-state index in [1.807, 2.05) is 11.4 Å². The molecule has 0 saturated heterocycles. The Morgan fingerprint density at radius 2 is 2.50 bits per heavy atom. The molecule has 1 heterocycles. The van der Waals surface area contributed by atoms with Gasteiger partial charge in [0.2, 0.25) is 0 Å². The summed E-state index contributed by atoms with van der Waals surface area (Å²) in [6.45, 7) is 0.844. The molecule has 0 spiro atoms. The van der Waals surface area contributed by atoms with E-state index < -0.39 is 0 Å². The van der Waals surface area contributed by atoms with E-state index in [1.165, 1.54) is 17.7 Å². The summed E-state index contributed by atoms with van der Waals surface area (Å²) in [6, 6.07) is 4.58. The van der Waals surface area contributed by atoms with Gasteiger partial charge in [-0.05, 0) is 25.3 Å². The van der Waals surface area contributed by atoms with Crippen LogP contribution < -0.4 is 5.32 Å². The number of thiophene rings is 1. The van der Waals surface area contributed by atoms with Gasteiger partial charge in [0.1, 0.15) is 6.07 Å². The quantitative estimate of drug-likeness (QED) is 0.872. The molecule has 0 aliphatic heterocycles. The highest BCUT2D eigenvalue weighted by molar-refractivity contribution is 7.10. The van der Waals surface area contributed by atoms with Gasteiger partial charge >= 0.3 is 0 Å². The average molecular weight is 236 g/mol. The van der Waals surface area contributed by atoms with Crippen LogP contribution in [0.2, 0.25) is 0 Å². The number of nitrogens with zero attached hydrogens (tertiary/aromatic N) is 1. The minimum Gasteiger partial charge on any atom is -0.380 e. The van der Waals surface area contributed by atoms with Crippen LogP contribution in [0.25, 0.3) is 0 Å². The molecule has 4 heteroatoms. The lowest BCUT2D eigenvalue weighted by molar-refractivity contribution is 0.0848. The molecule has 1 aliphatic carbocycles. The molecule has 16 heavy (non-hydrogen) atoms. The Kier molecular flexibility index (Phi) is 3.94. The van der Waals surface area contributed by atoms with E-state index in [0.717, 1.165) is 18.5 Å². The second-order valence-corrected chi connectivity index (χ2v) is 5.10. The van der Waals surface area contributed by atoms with Crippen molar-refractivity contribution in [3.63, 3.8) is 0 Å². The van der Waals surface area contributed by atoms with Crippen LogP contribution in [0.5, 0.6) is 0 Å². The summed E-state index contributed by atoms with van der Waals surface area (Å²) in [5.41, 5.74) is 0.761. The van der Waals surface area contributed by atoms with Crippen molar-refractivity contribution >= 4 is 11.3 Å². The zero-order valence-electron chi connectivity index (χ0n) is 9.40. The van der Waals surface area contributed by atoms with Gasteiger partial charge in [-0.3, -0.25) is 0 Å². The monoisotopic (exact) mass is 236 g/mol. The van der Waals surface area contributed by atoms with Crippen LogP contribution in [0, 0.1) is 11.3 Å². The van der Waals surface area contributed by atoms with E-state index in [-0.39, 0.29) is 0 Å². The first-order chi connectivity index (χ1) is 7.83. The first kappa shape index (κ1) is 11.6. The highest BCUT2D eigenvalue weighted by Gasteiger charge is 2.26. The molecule has 0 radical (unpaired) electrons. The van der Waals surface area contributed by atoms with Crippen molar-refractivity contribution in [3.8, 4) is 6.07 Å². The van der Waals surface area contributed by atoms with Gasteiger partial charge in [-0.2, -0.15) is 5.26 Å². The second kappa shape index (κ2) is 5.44. The Morgan fingerprint density at radius 1 is 1.62 bits per heavy atom. The Bertz CT molecular complexity index is 383. The van der Waals surface area contributed by atoms with Crippen molar-refractivity contribution in [3.05, 3.63) is 21.9 Å². The fraction of sp³-hybridized carbons (Fsp3) is 0.583. The van der Waals surface area contributed by atoms with E-state index in [0.29, 0.717) is 12.1 Å². The highest BCUT2D eigenvalue weighted by Crippen LogP contribution is 2.22. The Morgan fingerprint density at radius 3 is 3.19 bits per heavy atom. The zero-order valence-corrected chi connectivity index (χ0v) is 10.2. The number of nitrogens with one attached hydrogen (secondary N) is 1. The molecular weight excluding hydrogens is 220 g/mol. The van der Waals surface area contributed by atoms with Crippen LogP contribution in [0.15, 0.2) is 11.4 Å². The molecule has 1 aliphatic rings. The van der Waals surface area contributed by atoms with Gasteiger partial charge in [0.25, 0.3) is 0 Å². The average Bonchev–Trinajstić information content (AvgIpc) is 2.94.